The Labute approximate surface area is 201 Å². The summed E-state index contributed by atoms with van der Waals surface area (Å²) < 4.78 is 14.9. The minimum absolute atomic E-state index is 0.109. The van der Waals surface area contributed by atoms with Gasteiger partial charge in [-0.15, -0.1) is 0 Å². The van der Waals surface area contributed by atoms with Crippen LogP contribution in [0.3, 0.4) is 0 Å². The molecule has 0 bridgehead atoms. The Hall–Kier alpha value is -2.86. The van der Waals surface area contributed by atoms with Crippen molar-refractivity contribution in [3.8, 4) is 5.88 Å². The van der Waals surface area contributed by atoms with Gasteiger partial charge in [0.15, 0.2) is 5.88 Å². The van der Waals surface area contributed by atoms with Gasteiger partial charge >= 0.3 is 0 Å². The molecule has 0 aliphatic carbocycles. The quantitative estimate of drug-likeness (QED) is 0.378. The minimum atomic E-state index is -0.284. The fraction of sp³-hybridized carbons (Fsp3) is 0.464. The lowest BCUT2D eigenvalue weighted by Crippen LogP contribution is -2.41. The van der Waals surface area contributed by atoms with Crippen molar-refractivity contribution in [1.82, 2.24) is 14.8 Å². The number of piperidine rings is 1. The average molecular weight is 466 g/mol. The molecule has 2 aromatic carbocycles. The van der Waals surface area contributed by atoms with Gasteiger partial charge in [-0.1, -0.05) is 44.4 Å². The number of carbonyl (C=O) groups is 1. The molecule has 1 unspecified atom stereocenters. The Balaban J connectivity index is 1.32. The van der Waals surface area contributed by atoms with E-state index in [0.29, 0.717) is 30.1 Å². The third-order valence-corrected chi connectivity index (χ3v) is 6.94. The summed E-state index contributed by atoms with van der Waals surface area (Å²) in [5, 5.41) is 15.3. The number of carbonyl (C=O) groups excluding carboxylic acids is 1. The Bertz CT molecular complexity index is 1090. The van der Waals surface area contributed by atoms with Crippen LogP contribution in [0.25, 0.3) is 10.8 Å². The van der Waals surface area contributed by atoms with Crippen LogP contribution in [0, 0.1) is 5.82 Å². The van der Waals surface area contributed by atoms with Gasteiger partial charge in [0.2, 0.25) is 0 Å². The molecule has 0 saturated carbocycles. The normalized spacial score (nSPS) is 16.7. The number of hydrogen-bond donors (Lipinski definition) is 2. The predicted molar refractivity (Wildman–Crippen MR) is 135 cm³/mol. The Kier molecular flexibility index (Phi) is 8.22. The molecule has 1 saturated heterocycles. The summed E-state index contributed by atoms with van der Waals surface area (Å²) in [6.45, 7) is 5.53. The number of nitrogens with zero attached hydrogens (tertiary/aromatic N) is 2. The summed E-state index contributed by atoms with van der Waals surface area (Å²) in [5.74, 6) is -0.292. The molecule has 5 nitrogen and oxygen atoms in total. The van der Waals surface area contributed by atoms with Crippen LogP contribution in [-0.4, -0.2) is 46.2 Å². The van der Waals surface area contributed by atoms with Gasteiger partial charge in [0.1, 0.15) is 5.82 Å². The number of amides is 1. The van der Waals surface area contributed by atoms with Crippen LogP contribution in [0.4, 0.5) is 4.39 Å². The highest BCUT2D eigenvalue weighted by Crippen LogP contribution is 2.29. The summed E-state index contributed by atoms with van der Waals surface area (Å²) in [5.41, 5.74) is 1.43. The topological polar surface area (TPSA) is 57.5 Å². The number of fused-ring (bicyclic) bond motifs is 1. The maximum atomic E-state index is 13.2. The van der Waals surface area contributed by atoms with Gasteiger partial charge in [0.05, 0.1) is 6.54 Å². The van der Waals surface area contributed by atoms with E-state index in [4.69, 9.17) is 0 Å². The summed E-state index contributed by atoms with van der Waals surface area (Å²) in [7, 11) is 0. The van der Waals surface area contributed by atoms with Gasteiger partial charge in [-0.2, -0.15) is 0 Å². The minimum Gasteiger partial charge on any atom is -0.494 e. The zero-order valence-electron chi connectivity index (χ0n) is 20.1. The fourth-order valence-electron chi connectivity index (χ4n) is 5.00. The van der Waals surface area contributed by atoms with Crippen LogP contribution in [0.1, 0.15) is 67.8 Å². The number of benzene rings is 2. The zero-order valence-corrected chi connectivity index (χ0v) is 20.1. The molecule has 3 aromatic rings. The molecule has 0 radical (unpaired) electrons. The summed E-state index contributed by atoms with van der Waals surface area (Å²) >= 11 is 0. The van der Waals surface area contributed by atoms with Crippen LogP contribution in [0.5, 0.6) is 5.88 Å². The van der Waals surface area contributed by atoms with Crippen molar-refractivity contribution in [1.29, 1.82) is 0 Å². The van der Waals surface area contributed by atoms with Crippen molar-refractivity contribution in [3.05, 3.63) is 65.6 Å². The largest absolute Gasteiger partial charge is 0.494 e. The highest BCUT2D eigenvalue weighted by Gasteiger charge is 2.21. The van der Waals surface area contributed by atoms with Crippen molar-refractivity contribution in [3.63, 3.8) is 0 Å². The van der Waals surface area contributed by atoms with Gasteiger partial charge < -0.3 is 19.9 Å². The molecule has 2 N–H and O–H groups in total. The van der Waals surface area contributed by atoms with Gasteiger partial charge in [0, 0.05) is 41.7 Å². The molecule has 1 aromatic heterocycles. The maximum Gasteiger partial charge on any atom is 0.251 e. The first kappa shape index (κ1) is 24.3. The standard InChI is InChI=1S/C28H36FN3O2/c1-2-3-7-25-8-4-5-16-31(25)17-6-15-30-27(33)22-11-12-23-20-32(28(34)26(23)18-22)19-21-9-13-24(29)14-10-21/h9-14,18,20,25,34H,2-8,15-17,19H2,1H3,(H,30,33). The van der Waals surface area contributed by atoms with Crippen LogP contribution in [-0.2, 0) is 6.54 Å². The lowest BCUT2D eigenvalue weighted by molar-refractivity contribution is 0.0947. The molecule has 182 valence electrons. The predicted octanol–water partition coefficient (Wildman–Crippen LogP) is 5.70. The SMILES string of the molecule is CCCCC1CCCCN1CCCNC(=O)c1ccc2cn(Cc3ccc(F)cc3)c(O)c2c1. The zero-order chi connectivity index (χ0) is 23.9. The highest BCUT2D eigenvalue weighted by atomic mass is 19.1. The van der Waals surface area contributed by atoms with Crippen molar-refractivity contribution >= 4 is 16.7 Å². The van der Waals surface area contributed by atoms with E-state index in [9.17, 15) is 14.3 Å². The molecule has 1 fully saturated rings. The second-order valence-electron chi connectivity index (χ2n) is 9.45. The van der Waals surface area contributed by atoms with E-state index in [1.165, 1.54) is 57.2 Å². The van der Waals surface area contributed by atoms with Crippen LogP contribution < -0.4 is 5.32 Å². The van der Waals surface area contributed by atoms with Gasteiger partial charge in [-0.05, 0) is 62.1 Å². The van der Waals surface area contributed by atoms with Gasteiger partial charge in [-0.3, -0.25) is 4.79 Å². The van der Waals surface area contributed by atoms with E-state index in [1.54, 1.807) is 28.8 Å². The highest BCUT2D eigenvalue weighted by molar-refractivity contribution is 6.00. The average Bonchev–Trinajstić information content (AvgIpc) is 3.16. The van der Waals surface area contributed by atoms with E-state index in [-0.39, 0.29) is 17.6 Å². The van der Waals surface area contributed by atoms with Crippen molar-refractivity contribution in [2.24, 2.45) is 0 Å². The Morgan fingerprint density at radius 3 is 2.76 bits per heavy atom. The molecule has 4 rings (SSSR count). The van der Waals surface area contributed by atoms with Crippen LogP contribution in [0.2, 0.25) is 0 Å². The first-order valence-electron chi connectivity index (χ1n) is 12.6. The number of likely N-dealkylation sites (tertiary alicyclic amines) is 1. The molecule has 34 heavy (non-hydrogen) atoms. The second-order valence-corrected chi connectivity index (χ2v) is 9.45. The summed E-state index contributed by atoms with van der Waals surface area (Å²) in [6.07, 6.45) is 10.5. The number of aromatic nitrogens is 1. The number of nitrogens with one attached hydrogen (secondary N) is 1. The number of unbranched alkanes of at least 4 members (excludes halogenated alkanes) is 1. The lowest BCUT2D eigenvalue weighted by Gasteiger charge is -2.36. The van der Waals surface area contributed by atoms with Crippen LogP contribution in [0.15, 0.2) is 48.7 Å². The van der Waals surface area contributed by atoms with Gasteiger partial charge in [-0.25, -0.2) is 4.39 Å². The lowest BCUT2D eigenvalue weighted by atomic mass is 9.97. The molecule has 1 atom stereocenters. The number of hydrogen-bond acceptors (Lipinski definition) is 3. The van der Waals surface area contributed by atoms with E-state index < -0.39 is 0 Å². The fourth-order valence-corrected chi connectivity index (χ4v) is 5.00. The first-order valence-corrected chi connectivity index (χ1v) is 12.6. The molecular formula is C28H36FN3O2. The van der Waals surface area contributed by atoms with Crippen molar-refractivity contribution < 1.29 is 14.3 Å². The molecule has 2 heterocycles. The number of rotatable bonds is 10. The molecule has 1 aliphatic rings. The molecular weight excluding hydrogens is 429 g/mol. The molecule has 6 heteroatoms. The summed E-state index contributed by atoms with van der Waals surface area (Å²) in [6, 6.07) is 12.3. The van der Waals surface area contributed by atoms with E-state index in [1.807, 2.05) is 12.3 Å². The van der Waals surface area contributed by atoms with Crippen molar-refractivity contribution in [2.45, 2.75) is 64.5 Å². The first-order chi connectivity index (χ1) is 16.5. The van der Waals surface area contributed by atoms with Crippen molar-refractivity contribution in [2.75, 3.05) is 19.6 Å². The van der Waals surface area contributed by atoms with Gasteiger partial charge in [0.25, 0.3) is 5.91 Å². The second kappa shape index (κ2) is 11.5. The maximum absolute atomic E-state index is 13.2. The Morgan fingerprint density at radius 2 is 1.97 bits per heavy atom. The number of halogens is 1. The molecule has 1 aliphatic heterocycles. The van der Waals surface area contributed by atoms with Crippen LogP contribution >= 0.6 is 0 Å². The third-order valence-electron chi connectivity index (χ3n) is 6.94. The van der Waals surface area contributed by atoms with E-state index >= 15 is 0 Å². The summed E-state index contributed by atoms with van der Waals surface area (Å²) in [4.78, 5) is 15.3. The third kappa shape index (κ3) is 5.98. The molecule has 0 spiro atoms. The molecule has 1 amide bonds. The monoisotopic (exact) mass is 465 g/mol. The smallest absolute Gasteiger partial charge is 0.251 e. The Morgan fingerprint density at radius 1 is 1.15 bits per heavy atom. The van der Waals surface area contributed by atoms with E-state index in [2.05, 4.69) is 17.1 Å². The number of aromatic hydroxyl groups is 1. The van der Waals surface area contributed by atoms with E-state index in [0.717, 1.165) is 23.9 Å².